The van der Waals surface area contributed by atoms with Crippen LogP contribution in [0.15, 0.2) is 39.8 Å². The van der Waals surface area contributed by atoms with E-state index in [4.69, 9.17) is 4.52 Å². The lowest BCUT2D eigenvalue weighted by molar-refractivity contribution is 0.0700. The van der Waals surface area contributed by atoms with Crippen LogP contribution in [0.4, 0.5) is 0 Å². The molecule has 0 N–H and O–H groups in total. The molecule has 0 aliphatic heterocycles. The van der Waals surface area contributed by atoms with Crippen LogP contribution in [0, 0.1) is 6.92 Å². The first-order valence-corrected chi connectivity index (χ1v) is 8.60. The summed E-state index contributed by atoms with van der Waals surface area (Å²) in [5.74, 6) is -0.0973. The largest absolute Gasteiger partial charge is 0.351 e. The fourth-order valence-electron chi connectivity index (χ4n) is 2.03. The van der Waals surface area contributed by atoms with Crippen LogP contribution in [0.3, 0.4) is 0 Å². The van der Waals surface area contributed by atoms with E-state index in [0.717, 1.165) is 11.8 Å². The predicted molar refractivity (Wildman–Crippen MR) is 81.3 cm³/mol. The molecule has 2 aromatic rings. The summed E-state index contributed by atoms with van der Waals surface area (Å²) in [5, 5.41) is 3.70. The Morgan fingerprint density at radius 2 is 1.86 bits per heavy atom. The molecule has 2 rings (SSSR count). The number of carbonyl (C=O) groups excluding carboxylic acids is 1. The monoisotopic (exact) mass is 322 g/mol. The fraction of sp³-hybridized carbons (Fsp3) is 0.333. The third-order valence-corrected chi connectivity index (χ3v) is 4.66. The molecular formula is C15H18N2O4S. The highest BCUT2D eigenvalue weighted by Gasteiger charge is 2.22. The number of benzene rings is 1. The predicted octanol–water partition coefficient (Wildman–Crippen LogP) is 2.22. The van der Waals surface area contributed by atoms with Crippen LogP contribution in [-0.2, 0) is 9.84 Å². The lowest BCUT2D eigenvalue weighted by Gasteiger charge is -2.24. The second-order valence-electron chi connectivity index (χ2n) is 5.27. The van der Waals surface area contributed by atoms with E-state index in [1.165, 1.54) is 17.0 Å². The van der Waals surface area contributed by atoms with Gasteiger partial charge in [-0.3, -0.25) is 4.79 Å². The second kappa shape index (κ2) is 5.92. The highest BCUT2D eigenvalue weighted by atomic mass is 32.2. The molecule has 0 saturated carbocycles. The third-order valence-electron chi connectivity index (χ3n) is 3.53. The highest BCUT2D eigenvalue weighted by Crippen LogP contribution is 2.22. The average Bonchev–Trinajstić information content (AvgIpc) is 2.90. The first-order chi connectivity index (χ1) is 10.2. The van der Waals surface area contributed by atoms with Crippen molar-refractivity contribution in [1.29, 1.82) is 0 Å². The maximum absolute atomic E-state index is 12.3. The third kappa shape index (κ3) is 3.36. The van der Waals surface area contributed by atoms with Crippen LogP contribution in [0.1, 0.15) is 34.8 Å². The second-order valence-corrected chi connectivity index (χ2v) is 7.28. The van der Waals surface area contributed by atoms with E-state index in [1.54, 1.807) is 32.2 Å². The van der Waals surface area contributed by atoms with Crippen molar-refractivity contribution >= 4 is 15.7 Å². The number of amides is 1. The lowest BCUT2D eigenvalue weighted by atomic mass is 10.1. The van der Waals surface area contributed by atoms with Gasteiger partial charge in [0.05, 0.1) is 16.6 Å². The van der Waals surface area contributed by atoms with E-state index in [0.29, 0.717) is 5.69 Å². The Hall–Kier alpha value is -2.15. The summed E-state index contributed by atoms with van der Waals surface area (Å²) in [6, 6.07) is 7.84. The van der Waals surface area contributed by atoms with E-state index in [9.17, 15) is 13.2 Å². The zero-order chi connectivity index (χ0) is 16.5. The van der Waals surface area contributed by atoms with E-state index in [2.05, 4.69) is 5.16 Å². The van der Waals surface area contributed by atoms with Gasteiger partial charge in [-0.25, -0.2) is 8.42 Å². The molecule has 0 spiro atoms. The van der Waals surface area contributed by atoms with Crippen molar-refractivity contribution < 1.29 is 17.7 Å². The smallest absolute Gasteiger partial charge is 0.292 e. The van der Waals surface area contributed by atoms with Crippen molar-refractivity contribution in [3.8, 4) is 0 Å². The van der Waals surface area contributed by atoms with Gasteiger partial charge in [-0.05, 0) is 31.5 Å². The molecule has 1 aromatic heterocycles. The van der Waals surface area contributed by atoms with Crippen LogP contribution < -0.4 is 0 Å². The Morgan fingerprint density at radius 1 is 1.27 bits per heavy atom. The molecule has 118 valence electrons. The molecule has 6 nitrogen and oxygen atoms in total. The van der Waals surface area contributed by atoms with Crippen LogP contribution >= 0.6 is 0 Å². The molecule has 0 saturated heterocycles. The quantitative estimate of drug-likeness (QED) is 0.862. The maximum atomic E-state index is 12.3. The minimum absolute atomic E-state index is 0.180. The van der Waals surface area contributed by atoms with Crippen LogP contribution in [0.25, 0.3) is 0 Å². The first kappa shape index (κ1) is 16.2. The normalized spacial score (nSPS) is 12.9. The molecule has 0 fully saturated rings. The van der Waals surface area contributed by atoms with Gasteiger partial charge in [0.1, 0.15) is 0 Å². The van der Waals surface area contributed by atoms with Crippen LogP contribution in [0.2, 0.25) is 0 Å². The summed E-state index contributed by atoms with van der Waals surface area (Å²) in [5.41, 5.74) is 1.47. The molecule has 1 atom stereocenters. The van der Waals surface area contributed by atoms with Crippen LogP contribution in [0.5, 0.6) is 0 Å². The molecule has 1 unspecified atom stereocenters. The zero-order valence-corrected chi connectivity index (χ0v) is 13.7. The number of nitrogens with zero attached hydrogens (tertiary/aromatic N) is 2. The minimum atomic E-state index is -3.23. The summed E-state index contributed by atoms with van der Waals surface area (Å²) in [6.45, 7) is 3.60. The molecule has 0 aliphatic carbocycles. The summed E-state index contributed by atoms with van der Waals surface area (Å²) in [4.78, 5) is 14.1. The molecule has 1 amide bonds. The first-order valence-electron chi connectivity index (χ1n) is 6.70. The van der Waals surface area contributed by atoms with Gasteiger partial charge in [-0.15, -0.1) is 0 Å². The van der Waals surface area contributed by atoms with E-state index < -0.39 is 9.84 Å². The molecule has 22 heavy (non-hydrogen) atoms. The minimum Gasteiger partial charge on any atom is -0.351 e. The van der Waals surface area contributed by atoms with Crippen molar-refractivity contribution in [2.45, 2.75) is 24.8 Å². The van der Waals surface area contributed by atoms with Gasteiger partial charge in [0.25, 0.3) is 5.91 Å². The van der Waals surface area contributed by atoms with Gasteiger partial charge in [0.15, 0.2) is 9.84 Å². The van der Waals surface area contributed by atoms with Gasteiger partial charge in [-0.2, -0.15) is 0 Å². The van der Waals surface area contributed by atoms with Gasteiger partial charge in [0.2, 0.25) is 5.76 Å². The van der Waals surface area contributed by atoms with E-state index in [-0.39, 0.29) is 22.6 Å². The number of carbonyl (C=O) groups is 1. The van der Waals surface area contributed by atoms with Crippen molar-refractivity contribution in [3.05, 3.63) is 47.3 Å². The Balaban J connectivity index is 2.20. The molecule has 1 heterocycles. The van der Waals surface area contributed by atoms with Crippen LogP contribution in [-0.4, -0.2) is 37.7 Å². The number of hydrogen-bond acceptors (Lipinski definition) is 5. The van der Waals surface area contributed by atoms with Crippen molar-refractivity contribution in [2.24, 2.45) is 0 Å². The van der Waals surface area contributed by atoms with E-state index >= 15 is 0 Å². The average molecular weight is 322 g/mol. The van der Waals surface area contributed by atoms with Gasteiger partial charge in [0, 0.05) is 19.4 Å². The summed E-state index contributed by atoms with van der Waals surface area (Å²) in [6.07, 6.45) is 1.16. The Labute approximate surface area is 129 Å². The summed E-state index contributed by atoms with van der Waals surface area (Å²) >= 11 is 0. The SMILES string of the molecule is Cc1cc(C(=O)N(C)C(C)c2ccc(S(C)(=O)=O)cc2)on1. The number of aryl methyl sites for hydroxylation is 1. The van der Waals surface area contributed by atoms with Crippen molar-refractivity contribution in [3.63, 3.8) is 0 Å². The Kier molecular flexibility index (Phi) is 4.37. The molecule has 0 bridgehead atoms. The Morgan fingerprint density at radius 3 is 2.32 bits per heavy atom. The Bertz CT molecular complexity index is 778. The number of rotatable bonds is 4. The molecule has 0 radical (unpaired) electrons. The van der Waals surface area contributed by atoms with E-state index in [1.807, 2.05) is 6.92 Å². The molecule has 0 aliphatic rings. The van der Waals surface area contributed by atoms with Crippen molar-refractivity contribution in [1.82, 2.24) is 10.1 Å². The lowest BCUT2D eigenvalue weighted by Crippen LogP contribution is -2.29. The highest BCUT2D eigenvalue weighted by molar-refractivity contribution is 7.90. The van der Waals surface area contributed by atoms with Crippen molar-refractivity contribution in [2.75, 3.05) is 13.3 Å². The number of hydrogen-bond donors (Lipinski definition) is 0. The summed E-state index contributed by atoms with van der Waals surface area (Å²) < 4.78 is 27.9. The topological polar surface area (TPSA) is 80.5 Å². The fourth-order valence-corrected chi connectivity index (χ4v) is 2.66. The molecule has 7 heteroatoms. The standard InChI is InChI=1S/C15H18N2O4S/c1-10-9-14(21-16-10)15(18)17(3)11(2)12-5-7-13(8-6-12)22(4,19)20/h5-9,11H,1-4H3. The van der Waals surface area contributed by atoms with Gasteiger partial charge in [-0.1, -0.05) is 17.3 Å². The summed E-state index contributed by atoms with van der Waals surface area (Å²) in [7, 11) is -1.56. The van der Waals surface area contributed by atoms with Gasteiger partial charge < -0.3 is 9.42 Å². The molecule has 1 aromatic carbocycles. The number of aromatic nitrogens is 1. The maximum Gasteiger partial charge on any atom is 0.292 e. The number of sulfone groups is 1. The van der Waals surface area contributed by atoms with Gasteiger partial charge >= 0.3 is 0 Å². The zero-order valence-electron chi connectivity index (χ0n) is 12.9. The molecular weight excluding hydrogens is 304 g/mol.